The fourth-order valence-corrected chi connectivity index (χ4v) is 4.06. The molecule has 5 heterocycles. The summed E-state index contributed by atoms with van der Waals surface area (Å²) < 4.78 is 7.30. The molecule has 1 spiro atoms. The van der Waals surface area contributed by atoms with Gasteiger partial charge in [-0.15, -0.1) is 0 Å². The second-order valence-electron chi connectivity index (χ2n) is 5.51. The van der Waals surface area contributed by atoms with Crippen molar-refractivity contribution in [3.05, 3.63) is 22.3 Å². The number of aromatic nitrogens is 1. The third-order valence-electron chi connectivity index (χ3n) is 4.50. The molecule has 4 aliphatic rings. The van der Waals surface area contributed by atoms with Crippen molar-refractivity contribution in [2.45, 2.75) is 24.9 Å². The van der Waals surface area contributed by atoms with Crippen LogP contribution in [0, 0.1) is 5.92 Å². The van der Waals surface area contributed by atoms with Gasteiger partial charge in [0.1, 0.15) is 5.60 Å². The number of nitrogens with zero attached hydrogens (tertiary/aromatic N) is 2. The van der Waals surface area contributed by atoms with Crippen LogP contribution in [0.5, 0.6) is 5.88 Å². The first-order chi connectivity index (χ1) is 8.25. The summed E-state index contributed by atoms with van der Waals surface area (Å²) in [7, 11) is 0. The lowest BCUT2D eigenvalue weighted by Crippen LogP contribution is -2.61. The van der Waals surface area contributed by atoms with Crippen LogP contribution in [0.15, 0.2) is 16.7 Å². The summed E-state index contributed by atoms with van der Waals surface area (Å²) in [5, 5.41) is 0. The first-order valence-corrected chi connectivity index (χ1v) is 7.10. The van der Waals surface area contributed by atoms with E-state index in [4.69, 9.17) is 4.74 Å². The zero-order valence-corrected chi connectivity index (χ0v) is 11.2. The molecule has 17 heavy (non-hydrogen) atoms. The Morgan fingerprint density at radius 3 is 2.94 bits per heavy atom. The second-order valence-corrected chi connectivity index (χ2v) is 6.43. The third-order valence-corrected chi connectivity index (χ3v) is 4.94. The Hall–Kier alpha value is -0.610. The molecule has 0 radical (unpaired) electrons. The van der Waals surface area contributed by atoms with Crippen molar-refractivity contribution in [1.29, 1.82) is 0 Å². The monoisotopic (exact) mass is 294 g/mol. The second kappa shape index (κ2) is 3.45. The van der Waals surface area contributed by atoms with E-state index in [0.717, 1.165) is 29.2 Å². The smallest absolute Gasteiger partial charge is 0.217 e. The minimum atomic E-state index is 0.0344. The molecular formula is C13H15BrN2O. The molecule has 4 heteroatoms. The fraction of sp³-hybridized carbons (Fsp3) is 0.615. The Morgan fingerprint density at radius 2 is 2.24 bits per heavy atom. The molecule has 1 aromatic rings. The molecule has 0 amide bonds. The average molecular weight is 295 g/mol. The van der Waals surface area contributed by atoms with Crippen LogP contribution in [0.2, 0.25) is 0 Å². The van der Waals surface area contributed by atoms with E-state index in [1.807, 2.05) is 6.20 Å². The molecule has 0 aromatic carbocycles. The number of hydrogen-bond donors (Lipinski definition) is 0. The Morgan fingerprint density at radius 1 is 1.41 bits per heavy atom. The maximum atomic E-state index is 6.25. The Balaban J connectivity index is 1.71. The van der Waals surface area contributed by atoms with Gasteiger partial charge in [0.25, 0.3) is 0 Å². The maximum absolute atomic E-state index is 6.25. The minimum Gasteiger partial charge on any atom is -0.469 e. The van der Waals surface area contributed by atoms with E-state index in [-0.39, 0.29) is 5.60 Å². The standard InChI is InChI=1S/C13H15BrN2O/c14-11-5-9-6-13(17-12(9)15-7-11)8-16-3-1-10(13)2-4-16/h5,7,10H,1-4,6,8H2/t13-/m0/s1. The maximum Gasteiger partial charge on any atom is 0.217 e. The number of ether oxygens (including phenoxy) is 1. The van der Waals surface area contributed by atoms with Gasteiger partial charge in [-0.25, -0.2) is 4.98 Å². The third kappa shape index (κ3) is 1.47. The van der Waals surface area contributed by atoms with Crippen molar-refractivity contribution in [1.82, 2.24) is 9.88 Å². The van der Waals surface area contributed by atoms with Crippen LogP contribution in [0.4, 0.5) is 0 Å². The topological polar surface area (TPSA) is 25.4 Å². The van der Waals surface area contributed by atoms with E-state index < -0.39 is 0 Å². The molecule has 4 aliphatic heterocycles. The lowest BCUT2D eigenvalue weighted by Gasteiger charge is -2.50. The van der Waals surface area contributed by atoms with Crippen molar-refractivity contribution in [3.63, 3.8) is 0 Å². The highest BCUT2D eigenvalue weighted by Crippen LogP contribution is 2.46. The van der Waals surface area contributed by atoms with Gasteiger partial charge in [0, 0.05) is 35.1 Å². The molecule has 3 fully saturated rings. The molecule has 0 aliphatic carbocycles. The predicted octanol–water partition coefficient (Wildman–Crippen LogP) is 2.24. The van der Waals surface area contributed by atoms with Crippen LogP contribution in [0.3, 0.4) is 0 Å². The van der Waals surface area contributed by atoms with Gasteiger partial charge < -0.3 is 4.74 Å². The molecule has 90 valence electrons. The Bertz CT molecular complexity index is 470. The number of rotatable bonds is 0. The summed E-state index contributed by atoms with van der Waals surface area (Å²) in [5.41, 5.74) is 1.31. The van der Waals surface area contributed by atoms with Gasteiger partial charge in [-0.3, -0.25) is 4.90 Å². The average Bonchev–Trinajstić information content (AvgIpc) is 2.67. The summed E-state index contributed by atoms with van der Waals surface area (Å²) >= 11 is 3.49. The van der Waals surface area contributed by atoms with Gasteiger partial charge in [0.05, 0.1) is 0 Å². The van der Waals surface area contributed by atoms with Crippen LogP contribution in [-0.4, -0.2) is 35.1 Å². The summed E-state index contributed by atoms with van der Waals surface area (Å²) in [6, 6.07) is 2.16. The minimum absolute atomic E-state index is 0.0344. The van der Waals surface area contributed by atoms with Crippen molar-refractivity contribution >= 4 is 15.9 Å². The predicted molar refractivity (Wildman–Crippen MR) is 68.2 cm³/mol. The Kier molecular flexibility index (Phi) is 2.10. The van der Waals surface area contributed by atoms with Crippen molar-refractivity contribution < 1.29 is 4.74 Å². The normalized spacial score (nSPS) is 38.2. The van der Waals surface area contributed by atoms with Gasteiger partial charge in [0.2, 0.25) is 5.88 Å². The quantitative estimate of drug-likeness (QED) is 0.734. The molecule has 1 atom stereocenters. The van der Waals surface area contributed by atoms with Gasteiger partial charge in [-0.1, -0.05) is 0 Å². The molecule has 2 bridgehead atoms. The molecule has 0 saturated carbocycles. The molecule has 3 saturated heterocycles. The van der Waals surface area contributed by atoms with E-state index in [1.54, 1.807) is 0 Å². The number of fused-ring (bicyclic) bond motifs is 3. The number of piperidine rings is 3. The van der Waals surface area contributed by atoms with Gasteiger partial charge >= 0.3 is 0 Å². The number of hydrogen-bond acceptors (Lipinski definition) is 3. The van der Waals surface area contributed by atoms with E-state index in [0.29, 0.717) is 0 Å². The fourth-order valence-electron chi connectivity index (χ4n) is 3.68. The number of pyridine rings is 1. The Labute approximate surface area is 109 Å². The van der Waals surface area contributed by atoms with Crippen molar-refractivity contribution in [2.24, 2.45) is 5.92 Å². The SMILES string of the molecule is Brc1cnc2c(c1)C[C@@]1(CN3CCC1CC3)O2. The lowest BCUT2D eigenvalue weighted by atomic mass is 9.73. The molecule has 0 N–H and O–H groups in total. The zero-order chi connectivity index (χ0) is 11.5. The molecule has 5 rings (SSSR count). The highest BCUT2D eigenvalue weighted by Gasteiger charge is 2.52. The zero-order valence-electron chi connectivity index (χ0n) is 9.66. The van der Waals surface area contributed by atoms with Crippen LogP contribution in [0.1, 0.15) is 18.4 Å². The van der Waals surface area contributed by atoms with Crippen LogP contribution < -0.4 is 4.74 Å². The molecule has 1 aromatic heterocycles. The lowest BCUT2D eigenvalue weighted by molar-refractivity contribution is -0.0814. The molecule has 3 nitrogen and oxygen atoms in total. The van der Waals surface area contributed by atoms with Crippen molar-refractivity contribution in [2.75, 3.05) is 19.6 Å². The van der Waals surface area contributed by atoms with E-state index in [2.05, 4.69) is 31.9 Å². The highest BCUT2D eigenvalue weighted by molar-refractivity contribution is 9.10. The van der Waals surface area contributed by atoms with E-state index in [1.165, 1.54) is 31.5 Å². The number of halogens is 1. The van der Waals surface area contributed by atoms with Crippen molar-refractivity contribution in [3.8, 4) is 5.88 Å². The first-order valence-electron chi connectivity index (χ1n) is 6.31. The summed E-state index contributed by atoms with van der Waals surface area (Å²) in [5.74, 6) is 1.59. The van der Waals surface area contributed by atoms with Crippen LogP contribution in [-0.2, 0) is 6.42 Å². The van der Waals surface area contributed by atoms with E-state index in [9.17, 15) is 0 Å². The first kappa shape index (κ1) is 10.3. The largest absolute Gasteiger partial charge is 0.469 e. The van der Waals surface area contributed by atoms with Gasteiger partial charge in [-0.05, 0) is 47.9 Å². The summed E-state index contributed by atoms with van der Waals surface area (Å²) in [4.78, 5) is 6.95. The van der Waals surface area contributed by atoms with Gasteiger partial charge in [0.15, 0.2) is 0 Å². The van der Waals surface area contributed by atoms with Crippen LogP contribution in [0.25, 0.3) is 0 Å². The van der Waals surface area contributed by atoms with Crippen LogP contribution >= 0.6 is 15.9 Å². The molecular weight excluding hydrogens is 280 g/mol. The summed E-state index contributed by atoms with van der Waals surface area (Å²) in [6.45, 7) is 3.60. The molecule has 0 unspecified atom stereocenters. The highest BCUT2D eigenvalue weighted by atomic mass is 79.9. The van der Waals surface area contributed by atoms with E-state index >= 15 is 0 Å². The van der Waals surface area contributed by atoms with Gasteiger partial charge in [-0.2, -0.15) is 0 Å². The summed E-state index contributed by atoms with van der Waals surface area (Å²) in [6.07, 6.45) is 5.44.